The van der Waals surface area contributed by atoms with Crippen LogP contribution in [-0.4, -0.2) is 61.0 Å². The van der Waals surface area contributed by atoms with Crippen molar-refractivity contribution in [1.29, 1.82) is 0 Å². The minimum atomic E-state index is -1.05. The van der Waals surface area contributed by atoms with Crippen molar-refractivity contribution >= 4 is 5.91 Å². The first-order valence-electron chi connectivity index (χ1n) is 6.85. The van der Waals surface area contributed by atoms with Gasteiger partial charge in [0.1, 0.15) is 0 Å². The molecule has 1 aromatic carbocycles. The summed E-state index contributed by atoms with van der Waals surface area (Å²) in [6, 6.07) is 4.27. The van der Waals surface area contributed by atoms with Crippen molar-refractivity contribution < 1.29 is 13.6 Å². The third-order valence-electron chi connectivity index (χ3n) is 4.06. The van der Waals surface area contributed by atoms with Crippen molar-refractivity contribution in [3.8, 4) is 0 Å². The summed E-state index contributed by atoms with van der Waals surface area (Å²) in [5, 5.41) is 3.22. The summed E-state index contributed by atoms with van der Waals surface area (Å²) in [5.41, 5.74) is -0.177. The molecule has 2 heterocycles. The highest BCUT2D eigenvalue weighted by molar-refractivity contribution is 5.94. The SMILES string of the molecule is O=C(c1cccc(F)c1F)N1CCN(C2CNC2)CC1. The van der Waals surface area contributed by atoms with Crippen LogP contribution >= 0.6 is 0 Å². The van der Waals surface area contributed by atoms with E-state index in [4.69, 9.17) is 0 Å². The average Bonchev–Trinajstić information content (AvgIpc) is 2.40. The van der Waals surface area contributed by atoms with Crippen LogP contribution in [0.4, 0.5) is 8.78 Å². The molecule has 20 heavy (non-hydrogen) atoms. The number of rotatable bonds is 2. The lowest BCUT2D eigenvalue weighted by molar-refractivity contribution is 0.0497. The van der Waals surface area contributed by atoms with Gasteiger partial charge in [-0.05, 0) is 12.1 Å². The zero-order valence-corrected chi connectivity index (χ0v) is 11.1. The first-order valence-corrected chi connectivity index (χ1v) is 6.85. The average molecular weight is 281 g/mol. The van der Waals surface area contributed by atoms with Crippen LogP contribution in [0.15, 0.2) is 18.2 Å². The van der Waals surface area contributed by atoms with Crippen molar-refractivity contribution in [3.05, 3.63) is 35.4 Å². The monoisotopic (exact) mass is 281 g/mol. The largest absolute Gasteiger partial charge is 0.336 e. The zero-order chi connectivity index (χ0) is 14.1. The Bertz CT molecular complexity index is 511. The summed E-state index contributed by atoms with van der Waals surface area (Å²) in [6.07, 6.45) is 0. The Morgan fingerprint density at radius 3 is 2.45 bits per heavy atom. The van der Waals surface area contributed by atoms with E-state index in [-0.39, 0.29) is 5.56 Å². The standard InChI is InChI=1S/C14H17F2N3O/c15-12-3-1-2-11(13(12)16)14(20)19-6-4-18(5-7-19)10-8-17-9-10/h1-3,10,17H,4-9H2. The molecule has 108 valence electrons. The third kappa shape index (κ3) is 2.41. The van der Waals surface area contributed by atoms with Gasteiger partial charge in [0.2, 0.25) is 0 Å². The quantitative estimate of drug-likeness (QED) is 0.866. The fourth-order valence-corrected chi connectivity index (χ4v) is 2.66. The van der Waals surface area contributed by atoms with Crippen molar-refractivity contribution in [2.24, 2.45) is 0 Å². The van der Waals surface area contributed by atoms with Gasteiger partial charge >= 0.3 is 0 Å². The predicted molar refractivity (Wildman–Crippen MR) is 70.5 cm³/mol. The van der Waals surface area contributed by atoms with Crippen LogP contribution in [0.2, 0.25) is 0 Å². The maximum atomic E-state index is 13.6. The highest BCUT2D eigenvalue weighted by Crippen LogP contribution is 2.16. The summed E-state index contributed by atoms with van der Waals surface area (Å²) in [5.74, 6) is -2.45. The molecule has 0 aromatic heterocycles. The smallest absolute Gasteiger partial charge is 0.257 e. The lowest BCUT2D eigenvalue weighted by Gasteiger charge is -2.43. The molecule has 6 heteroatoms. The number of halogens is 2. The maximum Gasteiger partial charge on any atom is 0.257 e. The number of nitrogens with one attached hydrogen (secondary N) is 1. The fourth-order valence-electron chi connectivity index (χ4n) is 2.66. The molecule has 0 spiro atoms. The minimum absolute atomic E-state index is 0.177. The van der Waals surface area contributed by atoms with E-state index in [0.29, 0.717) is 19.1 Å². The zero-order valence-electron chi connectivity index (χ0n) is 11.1. The lowest BCUT2D eigenvalue weighted by Crippen LogP contribution is -2.62. The number of nitrogens with zero attached hydrogens (tertiary/aromatic N) is 2. The summed E-state index contributed by atoms with van der Waals surface area (Å²) in [7, 11) is 0. The molecule has 3 rings (SSSR count). The molecule has 2 saturated heterocycles. The predicted octanol–water partition coefficient (Wildman–Crippen LogP) is 0.694. The Balaban J connectivity index is 1.65. The number of benzene rings is 1. The van der Waals surface area contributed by atoms with Crippen molar-refractivity contribution in [2.45, 2.75) is 6.04 Å². The van der Waals surface area contributed by atoms with Crippen LogP contribution in [-0.2, 0) is 0 Å². The number of amides is 1. The van der Waals surface area contributed by atoms with Gasteiger partial charge in [-0.2, -0.15) is 0 Å². The van der Waals surface area contributed by atoms with Gasteiger partial charge in [-0.1, -0.05) is 6.07 Å². The molecular weight excluding hydrogens is 264 g/mol. The molecule has 4 nitrogen and oxygen atoms in total. The van der Waals surface area contributed by atoms with E-state index in [0.717, 1.165) is 32.2 Å². The van der Waals surface area contributed by atoms with E-state index >= 15 is 0 Å². The van der Waals surface area contributed by atoms with Gasteiger partial charge in [0.25, 0.3) is 5.91 Å². The van der Waals surface area contributed by atoms with Crippen LogP contribution in [0.5, 0.6) is 0 Å². The van der Waals surface area contributed by atoms with Gasteiger partial charge in [-0.25, -0.2) is 8.78 Å². The van der Waals surface area contributed by atoms with Crippen LogP contribution in [0.25, 0.3) is 0 Å². The summed E-state index contributed by atoms with van der Waals surface area (Å²) in [4.78, 5) is 16.2. The second-order valence-electron chi connectivity index (χ2n) is 5.24. The molecule has 0 unspecified atom stereocenters. The highest BCUT2D eigenvalue weighted by Gasteiger charge is 2.30. The van der Waals surface area contributed by atoms with Gasteiger partial charge in [0.15, 0.2) is 11.6 Å². The Labute approximate surface area is 116 Å². The number of carbonyl (C=O) groups excluding carboxylic acids is 1. The molecular formula is C14H17F2N3O. The first kappa shape index (κ1) is 13.5. The van der Waals surface area contributed by atoms with Gasteiger partial charge in [-0.3, -0.25) is 9.69 Å². The third-order valence-corrected chi connectivity index (χ3v) is 4.06. The number of hydrogen-bond donors (Lipinski definition) is 1. The molecule has 2 fully saturated rings. The fraction of sp³-hybridized carbons (Fsp3) is 0.500. The van der Waals surface area contributed by atoms with Gasteiger partial charge in [-0.15, -0.1) is 0 Å². The normalized spacial score (nSPS) is 20.8. The summed E-state index contributed by atoms with van der Waals surface area (Å²) in [6.45, 7) is 4.68. The van der Waals surface area contributed by atoms with Crippen molar-refractivity contribution in [2.75, 3.05) is 39.3 Å². The van der Waals surface area contributed by atoms with Crippen molar-refractivity contribution in [3.63, 3.8) is 0 Å². The van der Waals surface area contributed by atoms with E-state index in [1.165, 1.54) is 12.1 Å². The Hall–Kier alpha value is -1.53. The molecule has 1 aromatic rings. The second-order valence-corrected chi connectivity index (χ2v) is 5.24. The minimum Gasteiger partial charge on any atom is -0.336 e. The Morgan fingerprint density at radius 1 is 1.15 bits per heavy atom. The molecule has 0 radical (unpaired) electrons. The first-order chi connectivity index (χ1) is 9.66. The number of hydrogen-bond acceptors (Lipinski definition) is 3. The summed E-state index contributed by atoms with van der Waals surface area (Å²) < 4.78 is 26.8. The highest BCUT2D eigenvalue weighted by atomic mass is 19.2. The molecule has 0 atom stereocenters. The molecule has 1 N–H and O–H groups in total. The van der Waals surface area contributed by atoms with Gasteiger partial charge in [0, 0.05) is 45.3 Å². The molecule has 0 aliphatic carbocycles. The van der Waals surface area contributed by atoms with Crippen LogP contribution in [0.1, 0.15) is 10.4 Å². The van der Waals surface area contributed by atoms with Gasteiger partial charge in [0.05, 0.1) is 5.56 Å². The van der Waals surface area contributed by atoms with Crippen molar-refractivity contribution in [1.82, 2.24) is 15.1 Å². The summed E-state index contributed by atoms with van der Waals surface area (Å²) >= 11 is 0. The topological polar surface area (TPSA) is 35.6 Å². The lowest BCUT2D eigenvalue weighted by atomic mass is 10.1. The van der Waals surface area contributed by atoms with Gasteiger partial charge < -0.3 is 10.2 Å². The second kappa shape index (κ2) is 5.46. The molecule has 1 amide bonds. The van der Waals surface area contributed by atoms with E-state index < -0.39 is 17.5 Å². The van der Waals surface area contributed by atoms with E-state index in [2.05, 4.69) is 10.2 Å². The van der Waals surface area contributed by atoms with Crippen LogP contribution < -0.4 is 5.32 Å². The maximum absolute atomic E-state index is 13.6. The molecule has 2 aliphatic rings. The van der Waals surface area contributed by atoms with E-state index in [1.807, 2.05) is 0 Å². The Morgan fingerprint density at radius 2 is 1.85 bits per heavy atom. The Kier molecular flexibility index (Phi) is 3.67. The number of carbonyl (C=O) groups is 1. The number of piperazine rings is 1. The van der Waals surface area contributed by atoms with Crippen LogP contribution in [0.3, 0.4) is 0 Å². The van der Waals surface area contributed by atoms with Crippen LogP contribution in [0, 0.1) is 11.6 Å². The molecule has 0 bridgehead atoms. The molecule has 0 saturated carbocycles. The van der Waals surface area contributed by atoms with E-state index in [9.17, 15) is 13.6 Å². The molecule has 2 aliphatic heterocycles. The van der Waals surface area contributed by atoms with E-state index in [1.54, 1.807) is 4.90 Å².